The summed E-state index contributed by atoms with van der Waals surface area (Å²) in [5, 5.41) is 0. The van der Waals surface area contributed by atoms with E-state index in [1.54, 1.807) is 4.90 Å². The molecular weight excluding hydrogens is 340 g/mol. The van der Waals surface area contributed by atoms with E-state index < -0.39 is 5.41 Å². The number of aryl methyl sites for hydroxylation is 1. The van der Waals surface area contributed by atoms with Crippen LogP contribution in [0.5, 0.6) is 0 Å². The van der Waals surface area contributed by atoms with E-state index in [0.29, 0.717) is 32.4 Å². The molecule has 1 fully saturated rings. The summed E-state index contributed by atoms with van der Waals surface area (Å²) in [7, 11) is 0. The smallest absolute Gasteiger partial charge is 0.227 e. The molecule has 27 heavy (non-hydrogen) atoms. The van der Waals surface area contributed by atoms with E-state index in [2.05, 4.69) is 9.97 Å². The number of nitrogens with two attached hydrogens (primary N) is 1. The Hall–Kier alpha value is -3.15. The largest absolute Gasteiger partial charge is 0.369 e. The molecule has 1 saturated heterocycles. The number of aromatic amines is 1. The zero-order chi connectivity index (χ0) is 18.9. The van der Waals surface area contributed by atoms with Gasteiger partial charge in [-0.25, -0.2) is 4.98 Å². The third-order valence-electron chi connectivity index (χ3n) is 5.26. The van der Waals surface area contributed by atoms with E-state index in [9.17, 15) is 9.59 Å². The monoisotopic (exact) mass is 362 g/mol. The van der Waals surface area contributed by atoms with Gasteiger partial charge in [-0.05, 0) is 24.1 Å². The number of benzene rings is 2. The number of carbonyl (C=O) groups is 2. The highest BCUT2D eigenvalue weighted by Crippen LogP contribution is 2.34. The summed E-state index contributed by atoms with van der Waals surface area (Å²) >= 11 is 0. The first-order valence-electron chi connectivity index (χ1n) is 9.11. The molecule has 3 aromatic rings. The van der Waals surface area contributed by atoms with Crippen LogP contribution in [0.1, 0.15) is 17.8 Å². The minimum Gasteiger partial charge on any atom is -0.369 e. The molecule has 2 heterocycles. The molecule has 6 heteroatoms. The molecule has 0 aliphatic carbocycles. The first kappa shape index (κ1) is 17.3. The highest BCUT2D eigenvalue weighted by molar-refractivity contribution is 5.87. The maximum atomic E-state index is 12.5. The fourth-order valence-electron chi connectivity index (χ4n) is 3.71. The van der Waals surface area contributed by atoms with Crippen molar-refractivity contribution in [2.24, 2.45) is 11.1 Å². The molecule has 0 unspecified atom stereocenters. The molecule has 4 rings (SSSR count). The highest BCUT2D eigenvalue weighted by atomic mass is 16.2. The van der Waals surface area contributed by atoms with E-state index in [4.69, 9.17) is 5.73 Å². The third kappa shape index (κ3) is 3.43. The molecule has 2 amide bonds. The lowest BCUT2D eigenvalue weighted by molar-refractivity contribution is -0.151. The molecule has 0 spiro atoms. The van der Waals surface area contributed by atoms with E-state index in [1.165, 1.54) is 0 Å². The van der Waals surface area contributed by atoms with Crippen LogP contribution < -0.4 is 5.73 Å². The Bertz CT molecular complexity index is 941. The van der Waals surface area contributed by atoms with Crippen molar-refractivity contribution in [3.05, 3.63) is 66.0 Å². The number of imidazole rings is 1. The van der Waals surface area contributed by atoms with E-state index in [0.717, 1.165) is 22.4 Å². The number of rotatable bonds is 6. The molecule has 1 aliphatic heterocycles. The lowest BCUT2D eigenvalue weighted by Gasteiger charge is -2.48. The second-order valence-corrected chi connectivity index (χ2v) is 7.26. The van der Waals surface area contributed by atoms with Crippen molar-refractivity contribution >= 4 is 22.8 Å². The summed E-state index contributed by atoms with van der Waals surface area (Å²) in [6.45, 7) is 0.770. The van der Waals surface area contributed by atoms with Gasteiger partial charge in [0.1, 0.15) is 5.82 Å². The van der Waals surface area contributed by atoms with Crippen LogP contribution in [-0.4, -0.2) is 39.8 Å². The minimum atomic E-state index is -0.656. The van der Waals surface area contributed by atoms with Crippen LogP contribution in [-0.2, 0) is 22.4 Å². The molecule has 0 bridgehead atoms. The lowest BCUT2D eigenvalue weighted by atomic mass is 9.74. The first-order valence-corrected chi connectivity index (χ1v) is 9.11. The Morgan fingerprint density at radius 1 is 1.07 bits per heavy atom. The van der Waals surface area contributed by atoms with Crippen LogP contribution >= 0.6 is 0 Å². The van der Waals surface area contributed by atoms with Crippen LogP contribution in [0, 0.1) is 5.41 Å². The third-order valence-corrected chi connectivity index (χ3v) is 5.26. The number of nitrogens with zero attached hydrogens (tertiary/aromatic N) is 2. The molecule has 138 valence electrons. The summed E-state index contributed by atoms with van der Waals surface area (Å²) in [6, 6.07) is 17.6. The minimum absolute atomic E-state index is 0.0281. The van der Waals surface area contributed by atoms with Gasteiger partial charge in [0.15, 0.2) is 0 Å². The molecule has 2 aromatic carbocycles. The van der Waals surface area contributed by atoms with Gasteiger partial charge in [-0.15, -0.1) is 0 Å². The zero-order valence-corrected chi connectivity index (χ0v) is 15.0. The second kappa shape index (κ2) is 6.87. The summed E-state index contributed by atoms with van der Waals surface area (Å²) in [6.07, 6.45) is 1.47. The van der Waals surface area contributed by atoms with Crippen LogP contribution in [0.4, 0.5) is 0 Å². The van der Waals surface area contributed by atoms with E-state index in [1.807, 2.05) is 54.6 Å². The maximum absolute atomic E-state index is 12.5. The van der Waals surface area contributed by atoms with Crippen molar-refractivity contribution in [1.82, 2.24) is 14.9 Å². The average Bonchev–Trinajstić information content (AvgIpc) is 3.06. The Balaban J connectivity index is 1.35. The molecule has 3 N–H and O–H groups in total. The van der Waals surface area contributed by atoms with E-state index >= 15 is 0 Å². The quantitative estimate of drug-likeness (QED) is 0.703. The zero-order valence-electron chi connectivity index (χ0n) is 15.0. The second-order valence-electron chi connectivity index (χ2n) is 7.26. The number of carbonyl (C=O) groups excluding carboxylic acids is 2. The standard InChI is InChI=1S/C21H22N4O2/c22-20(27)21(12-15-6-2-1-3-7-15)13-25(14-21)19(26)11-10-18-23-16-8-4-5-9-17(16)24-18/h1-9H,10-14H2,(H2,22,27)(H,23,24). The Labute approximate surface area is 157 Å². The highest BCUT2D eigenvalue weighted by Gasteiger charge is 2.49. The Morgan fingerprint density at radius 2 is 1.78 bits per heavy atom. The normalized spacial score (nSPS) is 15.5. The number of para-hydroxylation sites is 2. The van der Waals surface area contributed by atoms with Gasteiger partial charge in [0.25, 0.3) is 0 Å². The summed E-state index contributed by atoms with van der Waals surface area (Å²) in [4.78, 5) is 34.0. The van der Waals surface area contributed by atoms with Gasteiger partial charge in [0.2, 0.25) is 11.8 Å². The van der Waals surface area contributed by atoms with Gasteiger partial charge in [-0.1, -0.05) is 42.5 Å². The van der Waals surface area contributed by atoms with Gasteiger partial charge in [0, 0.05) is 25.9 Å². The maximum Gasteiger partial charge on any atom is 0.227 e. The van der Waals surface area contributed by atoms with Crippen molar-refractivity contribution in [2.75, 3.05) is 13.1 Å². The number of hydrogen-bond donors (Lipinski definition) is 2. The summed E-state index contributed by atoms with van der Waals surface area (Å²) in [5.41, 5.74) is 7.94. The average molecular weight is 362 g/mol. The molecule has 0 radical (unpaired) electrons. The molecule has 6 nitrogen and oxygen atoms in total. The SMILES string of the molecule is NC(=O)C1(Cc2ccccc2)CN(C(=O)CCc2nc3ccccc3[nH]2)C1. The van der Waals surface area contributed by atoms with Crippen molar-refractivity contribution in [3.63, 3.8) is 0 Å². The van der Waals surface area contributed by atoms with Gasteiger partial charge in [-0.3, -0.25) is 9.59 Å². The fraction of sp³-hybridized carbons (Fsp3) is 0.286. The van der Waals surface area contributed by atoms with Gasteiger partial charge < -0.3 is 15.6 Å². The number of fused-ring (bicyclic) bond motifs is 1. The predicted molar refractivity (Wildman–Crippen MR) is 103 cm³/mol. The molecule has 0 atom stereocenters. The van der Waals surface area contributed by atoms with Crippen LogP contribution in [0.2, 0.25) is 0 Å². The first-order chi connectivity index (χ1) is 13.1. The van der Waals surface area contributed by atoms with Crippen LogP contribution in [0.15, 0.2) is 54.6 Å². The van der Waals surface area contributed by atoms with Crippen molar-refractivity contribution in [1.29, 1.82) is 0 Å². The molecule has 1 aromatic heterocycles. The number of hydrogen-bond acceptors (Lipinski definition) is 3. The van der Waals surface area contributed by atoms with Gasteiger partial charge >= 0.3 is 0 Å². The summed E-state index contributed by atoms with van der Waals surface area (Å²) < 4.78 is 0. The fourth-order valence-corrected chi connectivity index (χ4v) is 3.71. The Morgan fingerprint density at radius 3 is 2.48 bits per heavy atom. The predicted octanol–water partition coefficient (Wildman–Crippen LogP) is 2.05. The summed E-state index contributed by atoms with van der Waals surface area (Å²) in [5.74, 6) is 0.489. The van der Waals surface area contributed by atoms with Gasteiger partial charge in [0.05, 0.1) is 16.4 Å². The van der Waals surface area contributed by atoms with Gasteiger partial charge in [-0.2, -0.15) is 0 Å². The Kier molecular flexibility index (Phi) is 4.39. The van der Waals surface area contributed by atoms with Crippen molar-refractivity contribution in [2.45, 2.75) is 19.3 Å². The number of H-pyrrole nitrogens is 1. The number of amides is 2. The van der Waals surface area contributed by atoms with Crippen molar-refractivity contribution < 1.29 is 9.59 Å². The number of aromatic nitrogens is 2. The van der Waals surface area contributed by atoms with Crippen LogP contribution in [0.3, 0.4) is 0 Å². The molecular formula is C21H22N4O2. The lowest BCUT2D eigenvalue weighted by Crippen LogP contribution is -2.64. The number of likely N-dealkylation sites (tertiary alicyclic amines) is 1. The van der Waals surface area contributed by atoms with Crippen LogP contribution in [0.25, 0.3) is 11.0 Å². The molecule has 0 saturated carbocycles. The van der Waals surface area contributed by atoms with E-state index in [-0.39, 0.29) is 11.8 Å². The topological polar surface area (TPSA) is 92.1 Å². The molecule has 1 aliphatic rings. The van der Waals surface area contributed by atoms with Crippen molar-refractivity contribution in [3.8, 4) is 0 Å². The number of primary amides is 1. The number of nitrogens with one attached hydrogen (secondary N) is 1.